The number of alkyl halides is 3. The van der Waals surface area contributed by atoms with Crippen LogP contribution in [0.3, 0.4) is 0 Å². The van der Waals surface area contributed by atoms with E-state index in [1.807, 2.05) is 0 Å². The first-order chi connectivity index (χ1) is 8.86. The highest BCUT2D eigenvalue weighted by Crippen LogP contribution is 2.36. The molecule has 0 bridgehead atoms. The first kappa shape index (κ1) is 14.5. The second-order valence-electron chi connectivity index (χ2n) is 5.31. The maximum Gasteiger partial charge on any atom is 0.417 e. The molecule has 2 unspecified atom stereocenters. The number of rotatable bonds is 2. The minimum Gasteiger partial charge on any atom is -0.382 e. The molecule has 2 atom stereocenters. The van der Waals surface area contributed by atoms with Crippen LogP contribution in [0.4, 0.5) is 18.9 Å². The van der Waals surface area contributed by atoms with E-state index in [9.17, 15) is 13.2 Å². The van der Waals surface area contributed by atoms with Crippen molar-refractivity contribution < 1.29 is 13.2 Å². The molecule has 0 aromatic heterocycles. The van der Waals surface area contributed by atoms with Crippen LogP contribution >= 0.6 is 11.6 Å². The molecule has 1 aromatic rings. The van der Waals surface area contributed by atoms with Gasteiger partial charge >= 0.3 is 6.18 Å². The molecule has 106 valence electrons. The molecule has 0 radical (unpaired) electrons. The van der Waals surface area contributed by atoms with Gasteiger partial charge in [0.1, 0.15) is 0 Å². The van der Waals surface area contributed by atoms with Crippen LogP contribution in [0.5, 0.6) is 0 Å². The van der Waals surface area contributed by atoms with Gasteiger partial charge in [0.05, 0.1) is 10.6 Å². The normalized spacial score (nSPS) is 24.3. The standard InChI is InChI=1S/C14H17ClF3N/c1-9-3-2-4-10(7-9)19-11-5-6-13(15)12(8-11)14(16,17)18/h5-6,8-10,19H,2-4,7H2,1H3. The lowest BCUT2D eigenvalue weighted by Crippen LogP contribution is -2.26. The van der Waals surface area contributed by atoms with Gasteiger partial charge in [-0.1, -0.05) is 31.4 Å². The number of halogens is 4. The van der Waals surface area contributed by atoms with Crippen LogP contribution in [0.1, 0.15) is 38.2 Å². The van der Waals surface area contributed by atoms with E-state index < -0.39 is 11.7 Å². The number of hydrogen-bond donors (Lipinski definition) is 1. The first-order valence-electron chi connectivity index (χ1n) is 6.49. The highest BCUT2D eigenvalue weighted by atomic mass is 35.5. The molecule has 0 amide bonds. The summed E-state index contributed by atoms with van der Waals surface area (Å²) >= 11 is 5.60. The van der Waals surface area contributed by atoms with Crippen molar-refractivity contribution in [3.8, 4) is 0 Å². The van der Waals surface area contributed by atoms with Crippen molar-refractivity contribution in [2.45, 2.75) is 44.8 Å². The van der Waals surface area contributed by atoms with Gasteiger partial charge in [-0.25, -0.2) is 0 Å². The van der Waals surface area contributed by atoms with E-state index in [-0.39, 0.29) is 11.1 Å². The number of anilines is 1. The zero-order valence-corrected chi connectivity index (χ0v) is 11.5. The lowest BCUT2D eigenvalue weighted by atomic mass is 9.87. The molecule has 1 aromatic carbocycles. The molecule has 1 fully saturated rings. The highest BCUT2D eigenvalue weighted by Gasteiger charge is 2.33. The van der Waals surface area contributed by atoms with Crippen LogP contribution < -0.4 is 5.32 Å². The van der Waals surface area contributed by atoms with Gasteiger partial charge in [0.15, 0.2) is 0 Å². The summed E-state index contributed by atoms with van der Waals surface area (Å²) in [6, 6.07) is 4.27. The maximum absolute atomic E-state index is 12.8. The van der Waals surface area contributed by atoms with Crippen molar-refractivity contribution in [3.63, 3.8) is 0 Å². The molecule has 1 aliphatic rings. The third-order valence-corrected chi connectivity index (χ3v) is 3.91. The molecule has 0 spiro atoms. The molecule has 0 heterocycles. The first-order valence-corrected chi connectivity index (χ1v) is 6.87. The Bertz CT molecular complexity index is 445. The van der Waals surface area contributed by atoms with E-state index in [4.69, 9.17) is 11.6 Å². The van der Waals surface area contributed by atoms with E-state index in [0.717, 1.165) is 25.3 Å². The van der Waals surface area contributed by atoms with Gasteiger partial charge in [-0.05, 0) is 37.0 Å². The molecule has 2 rings (SSSR count). The monoisotopic (exact) mass is 291 g/mol. The van der Waals surface area contributed by atoms with Gasteiger partial charge < -0.3 is 5.32 Å². The quantitative estimate of drug-likeness (QED) is 0.774. The van der Waals surface area contributed by atoms with Crippen molar-refractivity contribution in [1.82, 2.24) is 0 Å². The van der Waals surface area contributed by atoms with E-state index in [2.05, 4.69) is 12.2 Å². The maximum atomic E-state index is 12.8. The smallest absolute Gasteiger partial charge is 0.382 e. The predicted molar refractivity (Wildman–Crippen MR) is 71.5 cm³/mol. The second-order valence-corrected chi connectivity index (χ2v) is 5.71. The van der Waals surface area contributed by atoms with E-state index >= 15 is 0 Å². The van der Waals surface area contributed by atoms with Crippen LogP contribution in [0.15, 0.2) is 18.2 Å². The lowest BCUT2D eigenvalue weighted by molar-refractivity contribution is -0.137. The Balaban J connectivity index is 2.13. The van der Waals surface area contributed by atoms with Gasteiger partial charge in [0.25, 0.3) is 0 Å². The predicted octanol–water partition coefficient (Wildman–Crippen LogP) is 5.35. The lowest BCUT2D eigenvalue weighted by Gasteiger charge is -2.28. The highest BCUT2D eigenvalue weighted by molar-refractivity contribution is 6.31. The van der Waals surface area contributed by atoms with Crippen LogP contribution in [0.25, 0.3) is 0 Å². The molecule has 5 heteroatoms. The minimum absolute atomic E-state index is 0.255. The molecule has 19 heavy (non-hydrogen) atoms. The van der Waals surface area contributed by atoms with Gasteiger partial charge in [0, 0.05) is 11.7 Å². The Morgan fingerprint density at radius 3 is 2.63 bits per heavy atom. The van der Waals surface area contributed by atoms with Crippen molar-refractivity contribution in [3.05, 3.63) is 28.8 Å². The topological polar surface area (TPSA) is 12.0 Å². The molecule has 1 aliphatic carbocycles. The van der Waals surface area contributed by atoms with E-state index in [0.29, 0.717) is 11.6 Å². The Hall–Kier alpha value is -0.900. The van der Waals surface area contributed by atoms with Crippen molar-refractivity contribution in [2.75, 3.05) is 5.32 Å². The van der Waals surface area contributed by atoms with Gasteiger partial charge in [-0.15, -0.1) is 0 Å². The molecular weight excluding hydrogens is 275 g/mol. The van der Waals surface area contributed by atoms with E-state index in [1.54, 1.807) is 6.07 Å². The van der Waals surface area contributed by atoms with E-state index in [1.165, 1.54) is 12.5 Å². The minimum atomic E-state index is -4.41. The van der Waals surface area contributed by atoms with Crippen LogP contribution in [0.2, 0.25) is 5.02 Å². The van der Waals surface area contributed by atoms with Gasteiger partial charge in [-0.2, -0.15) is 13.2 Å². The summed E-state index contributed by atoms with van der Waals surface area (Å²) in [5.74, 6) is 0.626. The second kappa shape index (κ2) is 5.61. The molecule has 1 nitrogen and oxygen atoms in total. The largest absolute Gasteiger partial charge is 0.417 e. The van der Waals surface area contributed by atoms with Gasteiger partial charge in [0.2, 0.25) is 0 Å². The summed E-state index contributed by atoms with van der Waals surface area (Å²) in [6.45, 7) is 2.18. The number of nitrogens with one attached hydrogen (secondary N) is 1. The van der Waals surface area contributed by atoms with Gasteiger partial charge in [-0.3, -0.25) is 0 Å². The summed E-state index contributed by atoms with van der Waals surface area (Å²) in [4.78, 5) is 0. The Morgan fingerprint density at radius 2 is 2.00 bits per heavy atom. The molecule has 0 aliphatic heterocycles. The fourth-order valence-corrected chi connectivity index (χ4v) is 2.86. The Kier molecular flexibility index (Phi) is 4.29. The fourth-order valence-electron chi connectivity index (χ4n) is 2.63. The van der Waals surface area contributed by atoms with Crippen LogP contribution in [-0.4, -0.2) is 6.04 Å². The molecule has 1 saturated carbocycles. The SMILES string of the molecule is CC1CCCC(Nc2ccc(Cl)c(C(F)(F)F)c2)C1. The van der Waals surface area contributed by atoms with Crippen LogP contribution in [-0.2, 0) is 6.18 Å². The Morgan fingerprint density at radius 1 is 1.26 bits per heavy atom. The van der Waals surface area contributed by atoms with Crippen molar-refractivity contribution >= 4 is 17.3 Å². The number of benzene rings is 1. The zero-order valence-electron chi connectivity index (χ0n) is 10.7. The molecule has 0 saturated heterocycles. The third-order valence-electron chi connectivity index (χ3n) is 3.58. The van der Waals surface area contributed by atoms with Crippen molar-refractivity contribution in [1.29, 1.82) is 0 Å². The summed E-state index contributed by atoms with van der Waals surface area (Å²) in [5.41, 5.74) is -0.279. The Labute approximate surface area is 116 Å². The zero-order chi connectivity index (χ0) is 14.0. The molecular formula is C14H17ClF3N. The van der Waals surface area contributed by atoms with Crippen LogP contribution in [0, 0.1) is 5.92 Å². The average molecular weight is 292 g/mol. The third kappa shape index (κ3) is 3.78. The summed E-state index contributed by atoms with van der Waals surface area (Å²) in [6.07, 6.45) is -0.0714. The average Bonchev–Trinajstić information content (AvgIpc) is 2.30. The van der Waals surface area contributed by atoms with Crippen molar-refractivity contribution in [2.24, 2.45) is 5.92 Å². The molecule has 1 N–H and O–H groups in total. The summed E-state index contributed by atoms with van der Waals surface area (Å²) < 4.78 is 38.3. The fraction of sp³-hybridized carbons (Fsp3) is 0.571. The summed E-state index contributed by atoms with van der Waals surface area (Å²) in [7, 11) is 0. The number of hydrogen-bond acceptors (Lipinski definition) is 1. The summed E-state index contributed by atoms with van der Waals surface area (Å²) in [5, 5.41) is 2.94.